The summed E-state index contributed by atoms with van der Waals surface area (Å²) in [6.07, 6.45) is 17.9. The molecule has 1 radical (unpaired) electrons. The highest BCUT2D eigenvalue weighted by atomic mass is 14.7. The zero-order valence-electron chi connectivity index (χ0n) is 11.9. The van der Waals surface area contributed by atoms with Crippen molar-refractivity contribution in [3.8, 4) is 0 Å². The van der Waals surface area contributed by atoms with Crippen LogP contribution in [0.1, 0.15) is 76.8 Å². The molecule has 18 heavy (non-hydrogen) atoms. The van der Waals surface area contributed by atoms with Gasteiger partial charge in [-0.25, -0.2) is 0 Å². The quantitative estimate of drug-likeness (QED) is 0.466. The van der Waals surface area contributed by atoms with E-state index >= 15 is 0 Å². The van der Waals surface area contributed by atoms with Crippen molar-refractivity contribution in [1.29, 1.82) is 0 Å². The molecule has 0 saturated heterocycles. The lowest BCUT2D eigenvalue weighted by Gasteiger charge is -2.02. The molecule has 0 spiro atoms. The highest BCUT2D eigenvalue weighted by Crippen LogP contribution is 2.12. The third-order valence-corrected chi connectivity index (χ3v) is 3.35. The Bertz CT molecular complexity index is 268. The summed E-state index contributed by atoms with van der Waals surface area (Å²) in [5, 5.41) is 0. The van der Waals surface area contributed by atoms with Crippen molar-refractivity contribution in [3.05, 3.63) is 36.5 Å². The molecule has 101 valence electrons. The molecule has 0 fully saturated rings. The number of aromatic nitrogens is 1. The van der Waals surface area contributed by atoms with Crippen LogP contribution in [0.5, 0.6) is 0 Å². The zero-order chi connectivity index (χ0) is 12.9. The van der Waals surface area contributed by atoms with Crippen molar-refractivity contribution in [1.82, 2.24) is 4.98 Å². The Morgan fingerprint density at radius 1 is 0.889 bits per heavy atom. The van der Waals surface area contributed by atoms with Gasteiger partial charge in [-0.15, -0.1) is 0 Å². The van der Waals surface area contributed by atoms with Crippen LogP contribution >= 0.6 is 0 Å². The molecule has 1 aromatic heterocycles. The number of rotatable bonds is 11. The second-order valence-electron chi connectivity index (χ2n) is 5.08. The number of nitrogens with zero attached hydrogens (tertiary/aromatic N) is 1. The second-order valence-corrected chi connectivity index (χ2v) is 5.08. The van der Waals surface area contributed by atoms with Crippen LogP contribution in [0.15, 0.2) is 24.4 Å². The standard InChI is InChI=1S/C17H28N/c1-2-3-4-5-6-7-8-9-10-11-14-17-15-12-13-16-18-17/h12-16H,2-11H2,1H3. The van der Waals surface area contributed by atoms with Crippen molar-refractivity contribution >= 4 is 0 Å². The van der Waals surface area contributed by atoms with Gasteiger partial charge < -0.3 is 0 Å². The van der Waals surface area contributed by atoms with Gasteiger partial charge in [0.1, 0.15) is 0 Å². The predicted octanol–water partition coefficient (Wildman–Crippen LogP) is 5.55. The monoisotopic (exact) mass is 246 g/mol. The second kappa shape index (κ2) is 11.3. The summed E-state index contributed by atoms with van der Waals surface area (Å²) in [6.45, 7) is 2.28. The van der Waals surface area contributed by atoms with Gasteiger partial charge in [-0.05, 0) is 18.6 Å². The van der Waals surface area contributed by atoms with Crippen LogP contribution in [0.2, 0.25) is 0 Å². The van der Waals surface area contributed by atoms with Crippen molar-refractivity contribution in [3.63, 3.8) is 0 Å². The number of unbranched alkanes of at least 4 members (excludes halogenated alkanes) is 9. The number of pyridine rings is 1. The van der Waals surface area contributed by atoms with E-state index in [4.69, 9.17) is 0 Å². The summed E-state index contributed by atoms with van der Waals surface area (Å²) in [6, 6.07) is 6.10. The fourth-order valence-corrected chi connectivity index (χ4v) is 2.20. The van der Waals surface area contributed by atoms with Crippen LogP contribution in [-0.4, -0.2) is 4.98 Å². The fraction of sp³-hybridized carbons (Fsp3) is 0.647. The molecular weight excluding hydrogens is 218 g/mol. The molecule has 0 amide bonds. The normalized spacial score (nSPS) is 10.7. The molecule has 0 bridgehead atoms. The van der Waals surface area contributed by atoms with Gasteiger partial charge in [0.25, 0.3) is 0 Å². The van der Waals surface area contributed by atoms with Gasteiger partial charge >= 0.3 is 0 Å². The van der Waals surface area contributed by atoms with Crippen LogP contribution in [0.3, 0.4) is 0 Å². The van der Waals surface area contributed by atoms with Gasteiger partial charge in [0, 0.05) is 18.3 Å². The molecule has 1 nitrogen and oxygen atoms in total. The molecule has 0 atom stereocenters. The molecule has 0 saturated carbocycles. The van der Waals surface area contributed by atoms with Crippen LogP contribution in [-0.2, 0) is 0 Å². The molecule has 0 aliphatic heterocycles. The highest BCUT2D eigenvalue weighted by molar-refractivity contribution is 5.12. The van der Waals surface area contributed by atoms with E-state index in [1.54, 1.807) is 0 Å². The SMILES string of the molecule is CCCCCCCCCCC[CH]c1ccccn1. The molecule has 0 N–H and O–H groups in total. The lowest BCUT2D eigenvalue weighted by Crippen LogP contribution is -1.87. The van der Waals surface area contributed by atoms with E-state index < -0.39 is 0 Å². The van der Waals surface area contributed by atoms with E-state index in [-0.39, 0.29) is 0 Å². The minimum Gasteiger partial charge on any atom is -0.261 e. The average molecular weight is 246 g/mol. The maximum atomic E-state index is 4.30. The predicted molar refractivity (Wildman–Crippen MR) is 79.5 cm³/mol. The summed E-state index contributed by atoms with van der Waals surface area (Å²) in [5.41, 5.74) is 1.12. The lowest BCUT2D eigenvalue weighted by atomic mass is 10.1. The topological polar surface area (TPSA) is 12.9 Å². The van der Waals surface area contributed by atoms with Gasteiger partial charge in [0.05, 0.1) is 0 Å². The van der Waals surface area contributed by atoms with E-state index in [0.29, 0.717) is 0 Å². The largest absolute Gasteiger partial charge is 0.261 e. The Morgan fingerprint density at radius 2 is 1.56 bits per heavy atom. The van der Waals surface area contributed by atoms with Crippen LogP contribution in [0.25, 0.3) is 0 Å². The van der Waals surface area contributed by atoms with Gasteiger partial charge in [-0.2, -0.15) is 0 Å². The third kappa shape index (κ3) is 8.27. The molecule has 0 unspecified atom stereocenters. The average Bonchev–Trinajstić information content (AvgIpc) is 2.42. The molecule has 0 aromatic carbocycles. The van der Waals surface area contributed by atoms with Crippen molar-refractivity contribution < 1.29 is 0 Å². The number of hydrogen-bond donors (Lipinski definition) is 0. The Balaban J connectivity index is 1.82. The van der Waals surface area contributed by atoms with E-state index in [9.17, 15) is 0 Å². The van der Waals surface area contributed by atoms with E-state index in [0.717, 1.165) is 5.69 Å². The summed E-state index contributed by atoms with van der Waals surface area (Å²) in [7, 11) is 0. The smallest absolute Gasteiger partial charge is 0.0441 e. The van der Waals surface area contributed by atoms with E-state index in [1.807, 2.05) is 12.3 Å². The minimum absolute atomic E-state index is 1.12. The zero-order valence-corrected chi connectivity index (χ0v) is 11.9. The molecule has 0 aliphatic carbocycles. The first-order valence-corrected chi connectivity index (χ1v) is 7.67. The van der Waals surface area contributed by atoms with Crippen molar-refractivity contribution in [2.45, 2.75) is 71.1 Å². The summed E-state index contributed by atoms with van der Waals surface area (Å²) in [4.78, 5) is 4.30. The Labute approximate surface area is 113 Å². The summed E-state index contributed by atoms with van der Waals surface area (Å²) >= 11 is 0. The van der Waals surface area contributed by atoms with Crippen molar-refractivity contribution in [2.24, 2.45) is 0 Å². The lowest BCUT2D eigenvalue weighted by molar-refractivity contribution is 0.564. The van der Waals surface area contributed by atoms with Crippen LogP contribution in [0, 0.1) is 6.42 Å². The van der Waals surface area contributed by atoms with Crippen molar-refractivity contribution in [2.75, 3.05) is 0 Å². The van der Waals surface area contributed by atoms with E-state index in [1.165, 1.54) is 64.2 Å². The fourth-order valence-electron chi connectivity index (χ4n) is 2.20. The van der Waals surface area contributed by atoms with Gasteiger partial charge in [-0.3, -0.25) is 4.98 Å². The minimum atomic E-state index is 1.12. The maximum absolute atomic E-state index is 4.30. The Hall–Kier alpha value is -0.850. The first-order valence-electron chi connectivity index (χ1n) is 7.67. The first kappa shape index (κ1) is 15.2. The van der Waals surface area contributed by atoms with Gasteiger partial charge in [-0.1, -0.05) is 70.8 Å². The molecule has 1 heteroatoms. The van der Waals surface area contributed by atoms with Gasteiger partial charge in [0.15, 0.2) is 0 Å². The van der Waals surface area contributed by atoms with Crippen LogP contribution in [0.4, 0.5) is 0 Å². The summed E-state index contributed by atoms with van der Waals surface area (Å²) < 4.78 is 0. The first-order chi connectivity index (χ1) is 8.93. The maximum Gasteiger partial charge on any atom is 0.0441 e. The molecule has 1 aromatic rings. The Kier molecular flexibility index (Phi) is 9.51. The summed E-state index contributed by atoms with van der Waals surface area (Å²) in [5.74, 6) is 0. The molecule has 1 rings (SSSR count). The third-order valence-electron chi connectivity index (χ3n) is 3.35. The highest BCUT2D eigenvalue weighted by Gasteiger charge is 1.95. The number of hydrogen-bond acceptors (Lipinski definition) is 1. The van der Waals surface area contributed by atoms with Crippen LogP contribution < -0.4 is 0 Å². The van der Waals surface area contributed by atoms with Gasteiger partial charge in [0.2, 0.25) is 0 Å². The molecule has 0 aliphatic rings. The Morgan fingerprint density at radius 3 is 2.17 bits per heavy atom. The molecular formula is C17H28N. The van der Waals surface area contributed by atoms with E-state index in [2.05, 4.69) is 30.5 Å². The molecule has 1 heterocycles.